The van der Waals surface area contributed by atoms with Gasteiger partial charge in [0.1, 0.15) is 18.3 Å². The Kier molecular flexibility index (Phi) is 13.0. The number of ether oxygens (including phenoxy) is 1. The summed E-state index contributed by atoms with van der Waals surface area (Å²) >= 11 is 6.83. The third-order valence-electron chi connectivity index (χ3n) is 7.65. The van der Waals surface area contributed by atoms with Crippen molar-refractivity contribution < 1.29 is 22.7 Å². The lowest BCUT2D eigenvalue weighted by molar-refractivity contribution is -0.140. The van der Waals surface area contributed by atoms with Gasteiger partial charge in [-0.3, -0.25) is 13.9 Å². The fraction of sp³-hybridized carbons (Fsp3) is 0.278. The van der Waals surface area contributed by atoms with Crippen molar-refractivity contribution in [3.63, 3.8) is 0 Å². The van der Waals surface area contributed by atoms with E-state index in [1.807, 2.05) is 75.4 Å². The van der Waals surface area contributed by atoms with E-state index in [1.54, 1.807) is 36.4 Å². The SMILES string of the molecule is CCOc1ccc(N(CC(=O)N(Cc2ccc(Br)cc2)[C@H](Cc2ccccc2)C(=O)N[C@@H](C)CC)S(=O)(=O)c2ccc(Br)cc2)cc1. The van der Waals surface area contributed by atoms with E-state index in [-0.39, 0.29) is 35.5 Å². The predicted octanol–water partition coefficient (Wildman–Crippen LogP) is 7.36. The maximum atomic E-state index is 14.6. The second-order valence-electron chi connectivity index (χ2n) is 11.1. The molecule has 0 aromatic heterocycles. The Morgan fingerprint density at radius 1 is 0.809 bits per heavy atom. The van der Waals surface area contributed by atoms with Gasteiger partial charge in [-0.1, -0.05) is 81.2 Å². The zero-order valence-corrected chi connectivity index (χ0v) is 30.6. The Labute approximate surface area is 294 Å². The van der Waals surface area contributed by atoms with Gasteiger partial charge in [-0.05, 0) is 92.1 Å². The van der Waals surface area contributed by atoms with Crippen molar-refractivity contribution >= 4 is 59.4 Å². The number of anilines is 1. The van der Waals surface area contributed by atoms with Gasteiger partial charge in [-0.25, -0.2) is 8.42 Å². The summed E-state index contributed by atoms with van der Waals surface area (Å²) in [4.78, 5) is 30.1. The van der Waals surface area contributed by atoms with E-state index in [0.717, 1.165) is 24.4 Å². The van der Waals surface area contributed by atoms with Gasteiger partial charge in [-0.15, -0.1) is 0 Å². The van der Waals surface area contributed by atoms with E-state index in [0.29, 0.717) is 18.8 Å². The van der Waals surface area contributed by atoms with Crippen LogP contribution < -0.4 is 14.4 Å². The van der Waals surface area contributed by atoms with E-state index < -0.39 is 28.5 Å². The Hall–Kier alpha value is -3.67. The fourth-order valence-electron chi connectivity index (χ4n) is 4.92. The molecule has 0 aliphatic carbocycles. The molecule has 4 aromatic rings. The van der Waals surface area contributed by atoms with E-state index >= 15 is 0 Å². The number of halogens is 2. The number of nitrogens with zero attached hydrogens (tertiary/aromatic N) is 2. The minimum Gasteiger partial charge on any atom is -0.494 e. The average molecular weight is 786 g/mol. The molecule has 0 spiro atoms. The molecule has 0 saturated heterocycles. The maximum absolute atomic E-state index is 14.6. The van der Waals surface area contributed by atoms with E-state index in [4.69, 9.17) is 4.74 Å². The summed E-state index contributed by atoms with van der Waals surface area (Å²) in [5, 5.41) is 3.05. The van der Waals surface area contributed by atoms with E-state index in [2.05, 4.69) is 37.2 Å². The van der Waals surface area contributed by atoms with Crippen LogP contribution in [-0.2, 0) is 32.6 Å². The minimum absolute atomic E-state index is 0.0252. The molecule has 47 heavy (non-hydrogen) atoms. The van der Waals surface area contributed by atoms with Crippen molar-refractivity contribution in [1.29, 1.82) is 0 Å². The van der Waals surface area contributed by atoms with Gasteiger partial charge in [0.15, 0.2) is 0 Å². The summed E-state index contributed by atoms with van der Waals surface area (Å²) < 4.78 is 36.7. The first-order chi connectivity index (χ1) is 22.5. The summed E-state index contributed by atoms with van der Waals surface area (Å²) in [6, 6.07) is 28.8. The van der Waals surface area contributed by atoms with Gasteiger partial charge in [0.05, 0.1) is 17.2 Å². The van der Waals surface area contributed by atoms with Crippen molar-refractivity contribution in [3.05, 3.63) is 123 Å². The van der Waals surface area contributed by atoms with Crippen LogP contribution in [0, 0.1) is 0 Å². The molecule has 0 aliphatic heterocycles. The molecule has 0 heterocycles. The summed E-state index contributed by atoms with van der Waals surface area (Å²) in [6.07, 6.45) is 0.954. The number of benzene rings is 4. The largest absolute Gasteiger partial charge is 0.494 e. The molecule has 4 aromatic carbocycles. The summed E-state index contributed by atoms with van der Waals surface area (Å²) in [5.41, 5.74) is 1.95. The molecular formula is C36H39Br2N3O5S. The standard InChI is InChI=1S/C36H39Br2N3O5S/c1-4-26(3)39-36(43)34(23-27-9-7-6-8-10-27)40(24-28-11-13-29(37)14-12-28)35(42)25-41(31-17-19-32(20-18-31)46-5-2)47(44,45)33-21-15-30(38)16-22-33/h6-22,26,34H,4-5,23-25H2,1-3H3,(H,39,43)/t26-,34+/m0/s1. The predicted molar refractivity (Wildman–Crippen MR) is 193 cm³/mol. The highest BCUT2D eigenvalue weighted by Gasteiger charge is 2.35. The number of carbonyl (C=O) groups is 2. The van der Waals surface area contributed by atoms with Crippen LogP contribution in [0.3, 0.4) is 0 Å². The van der Waals surface area contributed by atoms with Crippen LogP contribution in [0.4, 0.5) is 5.69 Å². The summed E-state index contributed by atoms with van der Waals surface area (Å²) in [7, 11) is -4.21. The highest BCUT2D eigenvalue weighted by atomic mass is 79.9. The lowest BCUT2D eigenvalue weighted by Crippen LogP contribution is -2.54. The smallest absolute Gasteiger partial charge is 0.264 e. The summed E-state index contributed by atoms with van der Waals surface area (Å²) in [6.45, 7) is 5.75. The highest BCUT2D eigenvalue weighted by molar-refractivity contribution is 9.10. The van der Waals surface area contributed by atoms with Crippen molar-refractivity contribution in [1.82, 2.24) is 10.2 Å². The Morgan fingerprint density at radius 3 is 1.98 bits per heavy atom. The first-order valence-corrected chi connectivity index (χ1v) is 18.4. The molecule has 0 bridgehead atoms. The maximum Gasteiger partial charge on any atom is 0.264 e. The normalized spacial score (nSPS) is 12.5. The van der Waals surface area contributed by atoms with Gasteiger partial charge in [0.2, 0.25) is 11.8 Å². The molecule has 11 heteroatoms. The molecule has 0 radical (unpaired) electrons. The zero-order chi connectivity index (χ0) is 34.0. The first kappa shape index (κ1) is 36.2. The second-order valence-corrected chi connectivity index (χ2v) is 14.8. The number of sulfonamides is 1. The van der Waals surface area contributed by atoms with Crippen molar-refractivity contribution in [2.24, 2.45) is 0 Å². The average Bonchev–Trinajstić information content (AvgIpc) is 3.07. The van der Waals surface area contributed by atoms with E-state index in [9.17, 15) is 18.0 Å². The number of carbonyl (C=O) groups excluding carboxylic acids is 2. The van der Waals surface area contributed by atoms with Crippen LogP contribution in [0.2, 0.25) is 0 Å². The number of nitrogens with one attached hydrogen (secondary N) is 1. The van der Waals surface area contributed by atoms with E-state index in [1.165, 1.54) is 17.0 Å². The van der Waals surface area contributed by atoms with Crippen LogP contribution in [0.25, 0.3) is 0 Å². The Balaban J connectivity index is 1.80. The number of hydrogen-bond acceptors (Lipinski definition) is 5. The summed E-state index contributed by atoms with van der Waals surface area (Å²) in [5.74, 6) is -0.259. The molecule has 0 aliphatic rings. The zero-order valence-electron chi connectivity index (χ0n) is 26.6. The lowest BCUT2D eigenvalue weighted by Gasteiger charge is -2.34. The molecule has 4 rings (SSSR count). The van der Waals surface area contributed by atoms with Gasteiger partial charge < -0.3 is 15.0 Å². The van der Waals surface area contributed by atoms with Crippen molar-refractivity contribution in [3.8, 4) is 5.75 Å². The third kappa shape index (κ3) is 9.92. The van der Waals surface area contributed by atoms with Crippen LogP contribution in [0.1, 0.15) is 38.3 Å². The van der Waals surface area contributed by atoms with Gasteiger partial charge in [-0.2, -0.15) is 0 Å². The second kappa shape index (κ2) is 16.9. The fourth-order valence-corrected chi connectivity index (χ4v) is 6.86. The van der Waals surface area contributed by atoms with Crippen LogP contribution in [0.15, 0.2) is 117 Å². The molecule has 248 valence electrons. The number of hydrogen-bond donors (Lipinski definition) is 1. The Morgan fingerprint density at radius 2 is 1.40 bits per heavy atom. The highest BCUT2D eigenvalue weighted by Crippen LogP contribution is 2.28. The first-order valence-electron chi connectivity index (χ1n) is 15.4. The van der Waals surface area contributed by atoms with Gasteiger partial charge in [0.25, 0.3) is 10.0 Å². The molecule has 0 saturated carbocycles. The van der Waals surface area contributed by atoms with Crippen LogP contribution in [-0.4, -0.2) is 50.4 Å². The third-order valence-corrected chi connectivity index (χ3v) is 10.5. The molecule has 2 amide bonds. The number of rotatable bonds is 15. The quantitative estimate of drug-likeness (QED) is 0.136. The molecule has 0 unspecified atom stereocenters. The monoisotopic (exact) mass is 783 g/mol. The molecule has 1 N–H and O–H groups in total. The Bertz CT molecular complexity index is 1720. The molecule has 0 fully saturated rings. The minimum atomic E-state index is -4.21. The molecule has 8 nitrogen and oxygen atoms in total. The van der Waals surface area contributed by atoms with Crippen molar-refractivity contribution in [2.45, 2.75) is 57.1 Å². The molecule has 2 atom stereocenters. The van der Waals surface area contributed by atoms with Crippen LogP contribution in [0.5, 0.6) is 5.75 Å². The van der Waals surface area contributed by atoms with Gasteiger partial charge >= 0.3 is 0 Å². The lowest BCUT2D eigenvalue weighted by atomic mass is 10.0. The topological polar surface area (TPSA) is 96.0 Å². The number of amides is 2. The van der Waals surface area contributed by atoms with Gasteiger partial charge in [0, 0.05) is 28.0 Å². The van der Waals surface area contributed by atoms with Crippen LogP contribution >= 0.6 is 31.9 Å². The molecular weight excluding hydrogens is 746 g/mol. The van der Waals surface area contributed by atoms with Crippen molar-refractivity contribution in [2.75, 3.05) is 17.5 Å².